The second-order valence-electron chi connectivity index (χ2n) is 6.02. The normalized spacial score (nSPS) is 17.8. The number of furan rings is 1. The van der Waals surface area contributed by atoms with Crippen molar-refractivity contribution < 1.29 is 9.21 Å². The number of amides is 1. The Kier molecular flexibility index (Phi) is 4.34. The van der Waals surface area contributed by atoms with E-state index in [4.69, 9.17) is 4.42 Å². The van der Waals surface area contributed by atoms with E-state index in [1.165, 1.54) is 32.1 Å². The summed E-state index contributed by atoms with van der Waals surface area (Å²) in [6, 6.07) is 7.65. The summed E-state index contributed by atoms with van der Waals surface area (Å²) in [7, 11) is 0. The fraction of sp³-hybridized carbons (Fsp3) is 0.471. The Balaban J connectivity index is 1.71. The number of alkyl halides is 1. The number of halogens is 1. The average molecular weight is 350 g/mol. The number of hydrogen-bond donors (Lipinski definition) is 1. The minimum atomic E-state index is -0.0363. The van der Waals surface area contributed by atoms with Crippen molar-refractivity contribution in [2.24, 2.45) is 5.41 Å². The Hall–Kier alpha value is -1.29. The van der Waals surface area contributed by atoms with Crippen molar-refractivity contribution in [2.75, 3.05) is 11.9 Å². The lowest BCUT2D eigenvalue weighted by atomic mass is 9.75. The molecule has 1 saturated carbocycles. The van der Waals surface area contributed by atoms with Crippen LogP contribution in [-0.4, -0.2) is 17.8 Å². The summed E-state index contributed by atoms with van der Waals surface area (Å²) in [5.41, 5.74) is 1.61. The highest BCUT2D eigenvalue weighted by atomic mass is 79.9. The first kappa shape index (κ1) is 14.6. The van der Waals surface area contributed by atoms with Gasteiger partial charge >= 0.3 is 0 Å². The minimum Gasteiger partial charge on any atom is -0.463 e. The van der Waals surface area contributed by atoms with Crippen LogP contribution in [0.5, 0.6) is 0 Å². The molecule has 0 bridgehead atoms. The quantitative estimate of drug-likeness (QED) is 0.825. The predicted octanol–water partition coefficient (Wildman–Crippen LogP) is 4.51. The lowest BCUT2D eigenvalue weighted by Crippen LogP contribution is -2.40. The smallest absolute Gasteiger partial charge is 0.255 e. The van der Waals surface area contributed by atoms with Crippen LogP contribution < -0.4 is 5.32 Å². The van der Waals surface area contributed by atoms with E-state index in [2.05, 4.69) is 21.2 Å². The maximum absolute atomic E-state index is 12.4. The van der Waals surface area contributed by atoms with Gasteiger partial charge in [-0.15, -0.1) is 0 Å². The molecule has 1 heterocycles. The van der Waals surface area contributed by atoms with E-state index >= 15 is 0 Å². The minimum absolute atomic E-state index is 0.0363. The maximum atomic E-state index is 12.4. The molecule has 1 N–H and O–H groups in total. The van der Waals surface area contributed by atoms with Crippen LogP contribution in [0.1, 0.15) is 42.5 Å². The molecule has 0 radical (unpaired) electrons. The van der Waals surface area contributed by atoms with Crippen LogP contribution in [0.15, 0.2) is 34.9 Å². The maximum Gasteiger partial charge on any atom is 0.255 e. The van der Waals surface area contributed by atoms with Crippen molar-refractivity contribution in [3.8, 4) is 0 Å². The first-order valence-corrected chi connectivity index (χ1v) is 8.67. The van der Waals surface area contributed by atoms with Crippen LogP contribution in [0.2, 0.25) is 0 Å². The first-order valence-electron chi connectivity index (χ1n) is 7.55. The zero-order valence-electron chi connectivity index (χ0n) is 12.0. The van der Waals surface area contributed by atoms with Gasteiger partial charge in [-0.05, 0) is 24.3 Å². The number of hydrogen-bond acceptors (Lipinski definition) is 2. The largest absolute Gasteiger partial charge is 0.463 e. The second kappa shape index (κ2) is 6.22. The molecular weight excluding hydrogens is 330 g/mol. The van der Waals surface area contributed by atoms with Crippen LogP contribution in [-0.2, 0) is 0 Å². The molecule has 21 heavy (non-hydrogen) atoms. The predicted molar refractivity (Wildman–Crippen MR) is 87.9 cm³/mol. The van der Waals surface area contributed by atoms with Gasteiger partial charge in [-0.25, -0.2) is 0 Å². The summed E-state index contributed by atoms with van der Waals surface area (Å²) < 4.78 is 5.44. The molecule has 1 amide bonds. The van der Waals surface area contributed by atoms with Gasteiger partial charge in [0.15, 0.2) is 0 Å². The van der Waals surface area contributed by atoms with Crippen LogP contribution in [0.4, 0.5) is 0 Å². The van der Waals surface area contributed by atoms with Gasteiger partial charge in [-0.3, -0.25) is 4.79 Å². The van der Waals surface area contributed by atoms with Crippen LogP contribution in [0.3, 0.4) is 0 Å². The lowest BCUT2D eigenvalue weighted by Gasteiger charge is -2.35. The van der Waals surface area contributed by atoms with Crippen LogP contribution in [0.25, 0.3) is 11.0 Å². The Labute approximate surface area is 133 Å². The van der Waals surface area contributed by atoms with E-state index in [0.717, 1.165) is 22.8 Å². The van der Waals surface area contributed by atoms with E-state index in [-0.39, 0.29) is 11.3 Å². The molecule has 4 heteroatoms. The van der Waals surface area contributed by atoms with Crippen molar-refractivity contribution >= 4 is 32.8 Å². The van der Waals surface area contributed by atoms with Gasteiger partial charge in [0.25, 0.3) is 5.91 Å². The number of fused-ring (bicyclic) bond motifs is 1. The third-order valence-electron chi connectivity index (χ3n) is 4.55. The van der Waals surface area contributed by atoms with Gasteiger partial charge in [0, 0.05) is 17.3 Å². The molecule has 1 aliphatic rings. The lowest BCUT2D eigenvalue weighted by molar-refractivity contribution is 0.0922. The van der Waals surface area contributed by atoms with Gasteiger partial charge in [0.1, 0.15) is 11.8 Å². The monoisotopic (exact) mass is 349 g/mol. The molecule has 1 aromatic heterocycles. The number of carbonyl (C=O) groups excluding carboxylic acids is 1. The van der Waals surface area contributed by atoms with Gasteiger partial charge in [-0.1, -0.05) is 53.4 Å². The van der Waals surface area contributed by atoms with Gasteiger partial charge in [0.2, 0.25) is 0 Å². The molecule has 3 nitrogen and oxygen atoms in total. The Morgan fingerprint density at radius 1 is 1.24 bits per heavy atom. The van der Waals surface area contributed by atoms with E-state index in [1.807, 2.05) is 24.3 Å². The van der Waals surface area contributed by atoms with Crippen LogP contribution >= 0.6 is 15.9 Å². The average Bonchev–Trinajstić information content (AvgIpc) is 2.98. The van der Waals surface area contributed by atoms with Gasteiger partial charge in [0.05, 0.1) is 5.56 Å². The Bertz CT molecular complexity index is 629. The van der Waals surface area contributed by atoms with E-state index in [1.54, 1.807) is 6.26 Å². The molecule has 0 atom stereocenters. The zero-order valence-corrected chi connectivity index (χ0v) is 13.6. The fourth-order valence-corrected chi connectivity index (χ4v) is 3.94. The third-order valence-corrected chi connectivity index (χ3v) is 5.74. The molecule has 1 aromatic carbocycles. The molecule has 0 aliphatic heterocycles. The third kappa shape index (κ3) is 3.00. The topological polar surface area (TPSA) is 42.2 Å². The Morgan fingerprint density at radius 3 is 2.76 bits per heavy atom. The van der Waals surface area contributed by atoms with Crippen molar-refractivity contribution in [3.05, 3.63) is 36.1 Å². The summed E-state index contributed by atoms with van der Waals surface area (Å²) in [4.78, 5) is 12.4. The number of para-hydroxylation sites is 1. The highest BCUT2D eigenvalue weighted by molar-refractivity contribution is 9.09. The molecule has 0 saturated heterocycles. The first-order chi connectivity index (χ1) is 10.2. The number of rotatable bonds is 4. The highest BCUT2D eigenvalue weighted by Gasteiger charge is 2.31. The highest BCUT2D eigenvalue weighted by Crippen LogP contribution is 2.37. The summed E-state index contributed by atoms with van der Waals surface area (Å²) in [5.74, 6) is -0.0363. The summed E-state index contributed by atoms with van der Waals surface area (Å²) in [6.45, 7) is 0.733. The Morgan fingerprint density at radius 2 is 2.00 bits per heavy atom. The summed E-state index contributed by atoms with van der Waals surface area (Å²) >= 11 is 3.64. The van der Waals surface area contributed by atoms with Crippen molar-refractivity contribution in [2.45, 2.75) is 32.1 Å². The molecular formula is C17H20BrNO2. The van der Waals surface area contributed by atoms with E-state index < -0.39 is 0 Å². The molecule has 1 aliphatic carbocycles. The van der Waals surface area contributed by atoms with Gasteiger partial charge in [-0.2, -0.15) is 0 Å². The molecule has 112 valence electrons. The molecule has 0 unspecified atom stereocenters. The standard InChI is InChI=1S/C17H20BrNO2/c18-11-17(8-4-1-5-9-17)12-19-16(20)14-10-21-15-7-3-2-6-13(14)15/h2-3,6-7,10H,1,4-5,8-9,11-12H2,(H,19,20). The van der Waals surface area contributed by atoms with Crippen LogP contribution in [0, 0.1) is 5.41 Å². The zero-order chi connectivity index (χ0) is 14.7. The summed E-state index contributed by atoms with van der Waals surface area (Å²) in [5, 5.41) is 4.94. The number of nitrogens with one attached hydrogen (secondary N) is 1. The SMILES string of the molecule is O=C(NCC1(CBr)CCCCC1)c1coc2ccccc12. The fourth-order valence-electron chi connectivity index (χ4n) is 3.18. The van der Waals surface area contributed by atoms with E-state index in [0.29, 0.717) is 5.56 Å². The molecule has 3 rings (SSSR count). The molecule has 0 spiro atoms. The van der Waals surface area contributed by atoms with Gasteiger partial charge < -0.3 is 9.73 Å². The molecule has 1 fully saturated rings. The second-order valence-corrected chi connectivity index (χ2v) is 6.58. The number of benzene rings is 1. The number of carbonyl (C=O) groups is 1. The van der Waals surface area contributed by atoms with Crippen molar-refractivity contribution in [1.82, 2.24) is 5.32 Å². The molecule has 2 aromatic rings. The summed E-state index contributed by atoms with van der Waals surface area (Å²) in [6.07, 6.45) is 7.76. The van der Waals surface area contributed by atoms with Crippen molar-refractivity contribution in [3.63, 3.8) is 0 Å². The van der Waals surface area contributed by atoms with E-state index in [9.17, 15) is 4.79 Å². The van der Waals surface area contributed by atoms with Crippen molar-refractivity contribution in [1.29, 1.82) is 0 Å².